The van der Waals surface area contributed by atoms with Gasteiger partial charge in [0.2, 0.25) is 0 Å². The molecule has 38 heavy (non-hydrogen) atoms. The molecular weight excluding hydrogens is 526 g/mol. The van der Waals surface area contributed by atoms with Crippen molar-refractivity contribution in [2.24, 2.45) is 11.8 Å². The molecule has 2 aromatic carbocycles. The van der Waals surface area contributed by atoms with E-state index in [1.54, 1.807) is 25.4 Å². The minimum atomic E-state index is -1.17. The maximum absolute atomic E-state index is 15.5. The van der Waals surface area contributed by atoms with Crippen LogP contribution < -0.4 is 4.74 Å². The highest BCUT2D eigenvalue weighted by molar-refractivity contribution is 6.35. The van der Waals surface area contributed by atoms with Crippen molar-refractivity contribution >= 4 is 40.1 Å². The van der Waals surface area contributed by atoms with Crippen molar-refractivity contribution in [1.29, 1.82) is 0 Å². The zero-order chi connectivity index (χ0) is 27.2. The summed E-state index contributed by atoms with van der Waals surface area (Å²) in [7, 11) is 1.58. The third-order valence-corrected chi connectivity index (χ3v) is 7.81. The fourth-order valence-electron chi connectivity index (χ4n) is 5.30. The summed E-state index contributed by atoms with van der Waals surface area (Å²) in [4.78, 5) is 18.1. The number of aromatic nitrogens is 1. The Morgan fingerprint density at radius 1 is 1.26 bits per heavy atom. The number of piperidine rings is 1. The molecule has 0 saturated carbocycles. The van der Waals surface area contributed by atoms with E-state index in [9.17, 15) is 9.90 Å². The molecule has 8 heteroatoms. The first-order valence-corrected chi connectivity index (χ1v) is 13.5. The zero-order valence-electron chi connectivity index (χ0n) is 21.5. The number of carbonyl (C=O) groups is 1. The number of hydrogen-bond donors (Lipinski definition) is 1. The van der Waals surface area contributed by atoms with Gasteiger partial charge in [-0.2, -0.15) is 0 Å². The number of carboxylic acids is 1. The third kappa shape index (κ3) is 6.96. The molecule has 0 amide bonds. The Morgan fingerprint density at radius 2 is 2.08 bits per heavy atom. The van der Waals surface area contributed by atoms with E-state index in [-0.39, 0.29) is 18.3 Å². The summed E-state index contributed by atoms with van der Waals surface area (Å²) in [5, 5.41) is 11.4. The number of fused-ring (bicyclic) bond motifs is 1. The van der Waals surface area contributed by atoms with Crippen molar-refractivity contribution in [3.63, 3.8) is 0 Å². The van der Waals surface area contributed by atoms with Crippen LogP contribution >= 0.6 is 23.2 Å². The number of rotatable bonds is 8. The molecule has 3 atom stereocenters. The van der Waals surface area contributed by atoms with Gasteiger partial charge in [0.15, 0.2) is 0 Å². The van der Waals surface area contributed by atoms with E-state index in [0.717, 1.165) is 35.0 Å². The molecule has 1 saturated heterocycles. The van der Waals surface area contributed by atoms with Gasteiger partial charge in [0.1, 0.15) is 11.9 Å². The van der Waals surface area contributed by atoms with Crippen LogP contribution in [0.2, 0.25) is 10.0 Å². The molecular formula is C30H31Cl2FN2O3. The summed E-state index contributed by atoms with van der Waals surface area (Å²) in [6.45, 7) is 3.83. The van der Waals surface area contributed by atoms with Crippen LogP contribution in [-0.2, 0) is 4.79 Å². The predicted octanol–water partition coefficient (Wildman–Crippen LogP) is 7.11. The van der Waals surface area contributed by atoms with Gasteiger partial charge in [-0.3, -0.25) is 14.7 Å². The molecule has 1 N–H and O–H groups in total. The molecule has 0 aliphatic carbocycles. The standard InChI is InChI=1S/C30H31Cl2FN2O3/c1-19-14-22(31)16-27(32)24(19)4-3-12-35-13-10-20(21(18-35)15-30(36)37)5-7-28(33)25-9-11-34-29-8-6-23(38-2)17-26(25)29/h6,8-9,11,14,16-17,20-21,28H,5,7,10,12-13,15,18H2,1-2H3,(H,36,37)/t20-,21+,28-/m1/s1. The van der Waals surface area contributed by atoms with Crippen molar-refractivity contribution in [2.75, 3.05) is 26.7 Å². The number of aliphatic carboxylic acids is 1. The monoisotopic (exact) mass is 556 g/mol. The van der Waals surface area contributed by atoms with Crippen molar-refractivity contribution in [2.45, 2.75) is 38.8 Å². The number of ether oxygens (including phenoxy) is 1. The zero-order valence-corrected chi connectivity index (χ0v) is 23.0. The summed E-state index contributed by atoms with van der Waals surface area (Å²) in [6.07, 6.45) is 2.26. The number of likely N-dealkylation sites (tertiary alicyclic amines) is 1. The SMILES string of the molecule is COc1ccc2nccc([C@H](F)CC[C@@H]3CCN(CC#Cc4c(C)cc(Cl)cc4Cl)C[C@@H]3CC(=O)O)c2c1. The molecule has 5 nitrogen and oxygen atoms in total. The maximum atomic E-state index is 15.5. The second kappa shape index (κ2) is 12.8. The summed E-state index contributed by atoms with van der Waals surface area (Å²) in [6, 6.07) is 10.7. The summed E-state index contributed by atoms with van der Waals surface area (Å²) >= 11 is 12.3. The van der Waals surface area contributed by atoms with Crippen LogP contribution in [0.5, 0.6) is 5.75 Å². The van der Waals surface area contributed by atoms with Crippen LogP contribution in [0.4, 0.5) is 4.39 Å². The Balaban J connectivity index is 1.40. The first kappa shape index (κ1) is 28.2. The lowest BCUT2D eigenvalue weighted by atomic mass is 9.79. The number of aryl methyl sites for hydroxylation is 1. The Labute approximate surface area is 232 Å². The van der Waals surface area contributed by atoms with Gasteiger partial charge in [0.25, 0.3) is 0 Å². The Morgan fingerprint density at radius 3 is 2.82 bits per heavy atom. The van der Waals surface area contributed by atoms with Crippen LogP contribution in [0.25, 0.3) is 10.9 Å². The van der Waals surface area contributed by atoms with E-state index in [0.29, 0.717) is 47.3 Å². The number of hydrogen-bond acceptors (Lipinski definition) is 4. The second-order valence-electron chi connectivity index (χ2n) is 9.85. The van der Waals surface area contributed by atoms with Crippen LogP contribution in [0.15, 0.2) is 42.6 Å². The predicted molar refractivity (Wildman–Crippen MR) is 150 cm³/mol. The first-order chi connectivity index (χ1) is 18.2. The normalized spacial score (nSPS) is 18.6. The molecule has 0 spiro atoms. The summed E-state index contributed by atoms with van der Waals surface area (Å²) in [5.74, 6) is 6.21. The van der Waals surface area contributed by atoms with E-state index in [1.165, 1.54) is 0 Å². The van der Waals surface area contributed by atoms with Crippen molar-refractivity contribution in [3.05, 3.63) is 69.3 Å². The average Bonchev–Trinajstić information content (AvgIpc) is 2.88. The van der Waals surface area contributed by atoms with Crippen LogP contribution in [0, 0.1) is 30.6 Å². The molecule has 0 radical (unpaired) electrons. The fourth-order valence-corrected chi connectivity index (χ4v) is 5.94. The molecule has 1 aliphatic rings. The van der Waals surface area contributed by atoms with Crippen molar-refractivity contribution < 1.29 is 19.0 Å². The largest absolute Gasteiger partial charge is 0.497 e. The van der Waals surface area contributed by atoms with Crippen LogP contribution in [0.3, 0.4) is 0 Å². The molecule has 1 fully saturated rings. The topological polar surface area (TPSA) is 62.7 Å². The highest BCUT2D eigenvalue weighted by atomic mass is 35.5. The van der Waals surface area contributed by atoms with Gasteiger partial charge in [0.05, 0.1) is 24.2 Å². The van der Waals surface area contributed by atoms with Gasteiger partial charge in [-0.25, -0.2) is 4.39 Å². The van der Waals surface area contributed by atoms with E-state index in [1.807, 2.05) is 31.2 Å². The van der Waals surface area contributed by atoms with Gasteiger partial charge in [-0.15, -0.1) is 0 Å². The molecule has 200 valence electrons. The molecule has 2 heterocycles. The van der Waals surface area contributed by atoms with E-state index >= 15 is 4.39 Å². The maximum Gasteiger partial charge on any atom is 0.303 e. The van der Waals surface area contributed by atoms with Crippen molar-refractivity contribution in [3.8, 4) is 17.6 Å². The Bertz CT molecular complexity index is 1350. The van der Waals surface area contributed by atoms with Crippen LogP contribution in [0.1, 0.15) is 48.5 Å². The lowest BCUT2D eigenvalue weighted by molar-refractivity contribution is -0.139. The Kier molecular flexibility index (Phi) is 9.49. The average molecular weight is 557 g/mol. The molecule has 3 aromatic rings. The summed E-state index contributed by atoms with van der Waals surface area (Å²) < 4.78 is 20.8. The molecule has 0 unspecified atom stereocenters. The smallest absolute Gasteiger partial charge is 0.303 e. The lowest BCUT2D eigenvalue weighted by Crippen LogP contribution is -2.41. The third-order valence-electron chi connectivity index (χ3n) is 7.29. The number of pyridine rings is 1. The number of halogens is 3. The van der Waals surface area contributed by atoms with Gasteiger partial charge in [-0.05, 0) is 92.1 Å². The van der Waals surface area contributed by atoms with Crippen LogP contribution in [-0.4, -0.2) is 47.7 Å². The fraction of sp³-hybridized carbons (Fsp3) is 0.400. The molecule has 1 aliphatic heterocycles. The summed E-state index contributed by atoms with van der Waals surface area (Å²) in [5.41, 5.74) is 2.98. The lowest BCUT2D eigenvalue weighted by Gasteiger charge is -2.37. The van der Waals surface area contributed by atoms with E-state index in [4.69, 9.17) is 27.9 Å². The highest BCUT2D eigenvalue weighted by Gasteiger charge is 2.31. The number of methoxy groups -OCH3 is 1. The van der Waals surface area contributed by atoms with Gasteiger partial charge >= 0.3 is 5.97 Å². The second-order valence-corrected chi connectivity index (χ2v) is 10.7. The number of alkyl halides is 1. The minimum absolute atomic E-state index is 0.0586. The van der Waals surface area contributed by atoms with E-state index in [2.05, 4.69) is 21.7 Å². The highest BCUT2D eigenvalue weighted by Crippen LogP contribution is 2.36. The molecule has 1 aromatic heterocycles. The molecule has 4 rings (SSSR count). The molecule has 0 bridgehead atoms. The van der Waals surface area contributed by atoms with Gasteiger partial charge in [-0.1, -0.05) is 35.0 Å². The Hall–Kier alpha value is -2.85. The number of benzene rings is 2. The van der Waals surface area contributed by atoms with E-state index < -0.39 is 12.1 Å². The van der Waals surface area contributed by atoms with Gasteiger partial charge < -0.3 is 9.84 Å². The number of carboxylic acid groups (broad SMARTS) is 1. The minimum Gasteiger partial charge on any atom is -0.497 e. The first-order valence-electron chi connectivity index (χ1n) is 12.7. The van der Waals surface area contributed by atoms with Gasteiger partial charge in [0, 0.05) is 35.1 Å². The number of nitrogens with zero attached hydrogens (tertiary/aromatic N) is 2. The van der Waals surface area contributed by atoms with Crippen molar-refractivity contribution in [1.82, 2.24) is 9.88 Å². The quantitative estimate of drug-likeness (QED) is 0.299.